The first-order valence-corrected chi connectivity index (χ1v) is 5.90. The van der Waals surface area contributed by atoms with Crippen LogP contribution in [0.2, 0.25) is 0 Å². The molecule has 1 saturated carbocycles. The largest absolute Gasteiger partial charge is 0.330 e. The van der Waals surface area contributed by atoms with Crippen LogP contribution < -0.4 is 5.73 Å². The molecule has 0 spiro atoms. The molecular weight excluding hydrogens is 158 g/mol. The molecule has 0 heterocycles. The monoisotopic (exact) mass is 183 g/mol. The molecule has 0 amide bonds. The second-order valence-electron chi connectivity index (χ2n) is 5.10. The lowest BCUT2D eigenvalue weighted by molar-refractivity contribution is 0.171. The molecule has 0 aromatic rings. The Morgan fingerprint density at radius 3 is 2.38 bits per heavy atom. The van der Waals surface area contributed by atoms with Gasteiger partial charge in [-0.15, -0.1) is 0 Å². The van der Waals surface area contributed by atoms with E-state index in [4.69, 9.17) is 5.73 Å². The van der Waals surface area contributed by atoms with Crippen LogP contribution in [0.3, 0.4) is 0 Å². The van der Waals surface area contributed by atoms with E-state index in [9.17, 15) is 0 Å². The molecule has 0 bridgehead atoms. The van der Waals surface area contributed by atoms with Crippen LogP contribution in [-0.2, 0) is 0 Å². The summed E-state index contributed by atoms with van der Waals surface area (Å²) < 4.78 is 0. The topological polar surface area (TPSA) is 26.0 Å². The lowest BCUT2D eigenvalue weighted by Gasteiger charge is -2.36. The Kier molecular flexibility index (Phi) is 4.24. The Morgan fingerprint density at radius 1 is 1.31 bits per heavy atom. The van der Waals surface area contributed by atoms with Crippen LogP contribution in [0.25, 0.3) is 0 Å². The van der Waals surface area contributed by atoms with E-state index in [1.165, 1.54) is 44.9 Å². The third-order valence-electron chi connectivity index (χ3n) is 3.77. The molecule has 0 radical (unpaired) electrons. The fourth-order valence-corrected chi connectivity index (χ4v) is 2.36. The van der Waals surface area contributed by atoms with Gasteiger partial charge in [0.2, 0.25) is 0 Å². The molecule has 0 aromatic heterocycles. The van der Waals surface area contributed by atoms with Crippen molar-refractivity contribution >= 4 is 0 Å². The standard InChI is InChI=1S/C12H25N/c1-3-4-5-11-6-8-12(2,10-13)9-7-11/h11H,3-10,13H2,1-2H3. The molecular formula is C12H25N. The van der Waals surface area contributed by atoms with E-state index in [1.807, 2.05) is 0 Å². The van der Waals surface area contributed by atoms with E-state index in [0.717, 1.165) is 12.5 Å². The average molecular weight is 183 g/mol. The van der Waals surface area contributed by atoms with Gasteiger partial charge in [0.25, 0.3) is 0 Å². The Labute approximate surface area is 83.1 Å². The number of hydrogen-bond donors (Lipinski definition) is 1. The molecule has 0 unspecified atom stereocenters. The second-order valence-corrected chi connectivity index (χ2v) is 5.10. The fourth-order valence-electron chi connectivity index (χ4n) is 2.36. The maximum atomic E-state index is 5.78. The van der Waals surface area contributed by atoms with Gasteiger partial charge in [-0.25, -0.2) is 0 Å². The maximum absolute atomic E-state index is 5.78. The summed E-state index contributed by atoms with van der Waals surface area (Å²) in [6.45, 7) is 5.52. The Balaban J connectivity index is 2.22. The van der Waals surface area contributed by atoms with E-state index in [-0.39, 0.29) is 0 Å². The third-order valence-corrected chi connectivity index (χ3v) is 3.77. The zero-order valence-electron chi connectivity index (χ0n) is 9.31. The van der Waals surface area contributed by atoms with Crippen LogP contribution in [0.1, 0.15) is 58.8 Å². The van der Waals surface area contributed by atoms with Gasteiger partial charge in [0.15, 0.2) is 0 Å². The van der Waals surface area contributed by atoms with Gasteiger partial charge in [-0.1, -0.05) is 33.1 Å². The minimum atomic E-state index is 0.475. The molecule has 1 rings (SSSR count). The zero-order chi connectivity index (χ0) is 9.73. The number of rotatable bonds is 4. The van der Waals surface area contributed by atoms with Crippen LogP contribution in [0.15, 0.2) is 0 Å². The second kappa shape index (κ2) is 4.99. The first-order valence-electron chi connectivity index (χ1n) is 5.90. The summed E-state index contributed by atoms with van der Waals surface area (Å²) in [4.78, 5) is 0. The molecule has 0 atom stereocenters. The quantitative estimate of drug-likeness (QED) is 0.711. The van der Waals surface area contributed by atoms with E-state index < -0.39 is 0 Å². The molecule has 1 aliphatic rings. The van der Waals surface area contributed by atoms with Crippen LogP contribution in [0.4, 0.5) is 0 Å². The van der Waals surface area contributed by atoms with E-state index >= 15 is 0 Å². The minimum Gasteiger partial charge on any atom is -0.330 e. The highest BCUT2D eigenvalue weighted by Crippen LogP contribution is 2.39. The Morgan fingerprint density at radius 2 is 1.92 bits per heavy atom. The van der Waals surface area contributed by atoms with Crippen molar-refractivity contribution in [3.63, 3.8) is 0 Å². The van der Waals surface area contributed by atoms with Gasteiger partial charge in [0.05, 0.1) is 0 Å². The molecule has 0 aliphatic heterocycles. The summed E-state index contributed by atoms with van der Waals surface area (Å²) in [7, 11) is 0. The lowest BCUT2D eigenvalue weighted by Crippen LogP contribution is -2.31. The molecule has 2 N–H and O–H groups in total. The Bertz CT molecular complexity index is 134. The predicted molar refractivity (Wildman–Crippen MR) is 58.6 cm³/mol. The van der Waals surface area contributed by atoms with Crippen molar-refractivity contribution in [1.29, 1.82) is 0 Å². The highest BCUT2D eigenvalue weighted by Gasteiger charge is 2.29. The van der Waals surface area contributed by atoms with Crippen molar-refractivity contribution in [2.45, 2.75) is 58.8 Å². The average Bonchev–Trinajstić information content (AvgIpc) is 2.17. The van der Waals surface area contributed by atoms with Crippen molar-refractivity contribution < 1.29 is 0 Å². The van der Waals surface area contributed by atoms with Gasteiger partial charge in [-0.2, -0.15) is 0 Å². The van der Waals surface area contributed by atoms with Crippen LogP contribution in [0.5, 0.6) is 0 Å². The smallest absolute Gasteiger partial charge is 0.00232 e. The van der Waals surface area contributed by atoms with Gasteiger partial charge in [0.1, 0.15) is 0 Å². The number of hydrogen-bond acceptors (Lipinski definition) is 1. The summed E-state index contributed by atoms with van der Waals surface area (Å²) in [5.74, 6) is 1.01. The summed E-state index contributed by atoms with van der Waals surface area (Å²) in [5, 5.41) is 0. The van der Waals surface area contributed by atoms with Gasteiger partial charge in [-0.3, -0.25) is 0 Å². The first kappa shape index (κ1) is 11.0. The van der Waals surface area contributed by atoms with Gasteiger partial charge < -0.3 is 5.73 Å². The highest BCUT2D eigenvalue weighted by molar-refractivity contribution is 4.82. The summed E-state index contributed by atoms with van der Waals surface area (Å²) in [5.41, 5.74) is 6.26. The van der Waals surface area contributed by atoms with Crippen molar-refractivity contribution in [2.24, 2.45) is 17.1 Å². The van der Waals surface area contributed by atoms with E-state index in [0.29, 0.717) is 5.41 Å². The number of unbranched alkanes of at least 4 members (excludes halogenated alkanes) is 1. The lowest BCUT2D eigenvalue weighted by atomic mass is 9.71. The molecule has 0 saturated heterocycles. The predicted octanol–water partition coefficient (Wildman–Crippen LogP) is 3.33. The normalized spacial score (nSPS) is 34.8. The van der Waals surface area contributed by atoms with E-state index in [1.54, 1.807) is 0 Å². The van der Waals surface area contributed by atoms with Crippen LogP contribution in [0, 0.1) is 11.3 Å². The summed E-state index contributed by atoms with van der Waals surface area (Å²) in [6.07, 6.45) is 9.79. The molecule has 1 nitrogen and oxygen atoms in total. The fraction of sp³-hybridized carbons (Fsp3) is 1.00. The number of nitrogens with two attached hydrogens (primary N) is 1. The van der Waals surface area contributed by atoms with E-state index in [2.05, 4.69) is 13.8 Å². The molecule has 1 heteroatoms. The van der Waals surface area contributed by atoms with Gasteiger partial charge in [-0.05, 0) is 43.6 Å². The van der Waals surface area contributed by atoms with Crippen LogP contribution in [-0.4, -0.2) is 6.54 Å². The summed E-state index contributed by atoms with van der Waals surface area (Å²) >= 11 is 0. The zero-order valence-corrected chi connectivity index (χ0v) is 9.31. The first-order chi connectivity index (χ1) is 6.20. The third kappa shape index (κ3) is 3.30. The van der Waals surface area contributed by atoms with Crippen molar-refractivity contribution in [3.8, 4) is 0 Å². The highest BCUT2D eigenvalue weighted by atomic mass is 14.6. The molecule has 1 fully saturated rings. The SMILES string of the molecule is CCCCC1CCC(C)(CN)CC1. The Hall–Kier alpha value is -0.0400. The molecule has 13 heavy (non-hydrogen) atoms. The van der Waals surface area contributed by atoms with Crippen LogP contribution >= 0.6 is 0 Å². The molecule has 78 valence electrons. The van der Waals surface area contributed by atoms with Gasteiger partial charge >= 0.3 is 0 Å². The van der Waals surface area contributed by atoms with Crippen molar-refractivity contribution in [1.82, 2.24) is 0 Å². The maximum Gasteiger partial charge on any atom is -0.00232 e. The van der Waals surface area contributed by atoms with Gasteiger partial charge in [0, 0.05) is 0 Å². The minimum absolute atomic E-state index is 0.475. The summed E-state index contributed by atoms with van der Waals surface area (Å²) in [6, 6.07) is 0. The van der Waals surface area contributed by atoms with Crippen molar-refractivity contribution in [2.75, 3.05) is 6.54 Å². The molecule has 0 aromatic carbocycles. The van der Waals surface area contributed by atoms with Crippen molar-refractivity contribution in [3.05, 3.63) is 0 Å². The molecule has 1 aliphatic carbocycles.